The third kappa shape index (κ3) is 3.89. The number of amides is 1. The maximum absolute atomic E-state index is 13.8. The zero-order chi connectivity index (χ0) is 21.3. The van der Waals surface area contributed by atoms with E-state index in [1.54, 1.807) is 35.7 Å². The van der Waals surface area contributed by atoms with Crippen molar-refractivity contribution in [3.8, 4) is 16.4 Å². The highest BCUT2D eigenvalue weighted by Crippen LogP contribution is 2.32. The second-order valence-electron chi connectivity index (χ2n) is 7.65. The monoisotopic (exact) mass is 427 g/mol. The number of benzene rings is 1. The van der Waals surface area contributed by atoms with Gasteiger partial charge in [0.15, 0.2) is 0 Å². The number of rotatable bonds is 7. The maximum atomic E-state index is 13.8. The fraction of sp³-hybridized carbons (Fsp3) is 0.409. The van der Waals surface area contributed by atoms with E-state index in [1.807, 2.05) is 4.57 Å². The van der Waals surface area contributed by atoms with E-state index in [2.05, 4.69) is 29.1 Å². The zero-order valence-electron chi connectivity index (χ0n) is 17.6. The second-order valence-corrected chi connectivity index (χ2v) is 8.51. The average molecular weight is 428 g/mol. The van der Waals surface area contributed by atoms with Crippen LogP contribution in [0.4, 0.5) is 4.39 Å². The lowest BCUT2D eigenvalue weighted by molar-refractivity contribution is 0.0787. The molecule has 3 heterocycles. The van der Waals surface area contributed by atoms with Crippen LogP contribution in [0.5, 0.6) is 0 Å². The molecule has 0 unspecified atom stereocenters. The molecule has 3 aromatic rings. The molecule has 0 radical (unpaired) electrons. The summed E-state index contributed by atoms with van der Waals surface area (Å²) in [7, 11) is 1.73. The van der Waals surface area contributed by atoms with Crippen LogP contribution in [0.2, 0.25) is 0 Å². The summed E-state index contributed by atoms with van der Waals surface area (Å²) in [6.07, 6.45) is 3.94. The van der Waals surface area contributed by atoms with Crippen LogP contribution < -0.4 is 0 Å². The SMILES string of the molecule is CCCN(CCC)Cc1csc(-c2ncn3c2CN(C)C(=O)c2cc(F)ccc2-3)n1. The van der Waals surface area contributed by atoms with Crippen molar-refractivity contribution in [2.75, 3.05) is 20.1 Å². The number of halogens is 1. The molecule has 30 heavy (non-hydrogen) atoms. The van der Waals surface area contributed by atoms with Crippen molar-refractivity contribution in [3.63, 3.8) is 0 Å². The van der Waals surface area contributed by atoms with Crippen LogP contribution in [0.1, 0.15) is 48.4 Å². The Labute approximate surface area is 180 Å². The Bertz CT molecular complexity index is 1050. The van der Waals surface area contributed by atoms with Gasteiger partial charge in [-0.25, -0.2) is 14.4 Å². The molecule has 0 saturated heterocycles. The molecule has 1 aliphatic rings. The first-order chi connectivity index (χ1) is 14.5. The summed E-state index contributed by atoms with van der Waals surface area (Å²) in [4.78, 5) is 26.2. The molecule has 0 N–H and O–H groups in total. The molecule has 0 bridgehead atoms. The Morgan fingerprint density at radius 1 is 1.23 bits per heavy atom. The number of carbonyl (C=O) groups excluding carboxylic acids is 1. The minimum absolute atomic E-state index is 0.200. The van der Waals surface area contributed by atoms with Gasteiger partial charge < -0.3 is 4.90 Å². The van der Waals surface area contributed by atoms with Gasteiger partial charge >= 0.3 is 0 Å². The molecule has 158 valence electrons. The lowest BCUT2D eigenvalue weighted by atomic mass is 10.1. The van der Waals surface area contributed by atoms with Gasteiger partial charge in [-0.05, 0) is 44.1 Å². The first kappa shape index (κ1) is 20.7. The molecule has 0 spiro atoms. The van der Waals surface area contributed by atoms with Crippen molar-refractivity contribution >= 4 is 17.2 Å². The molecule has 0 fully saturated rings. The number of hydrogen-bond donors (Lipinski definition) is 0. The fourth-order valence-corrected chi connectivity index (χ4v) is 4.75. The van der Waals surface area contributed by atoms with Gasteiger partial charge in [0, 0.05) is 19.0 Å². The van der Waals surface area contributed by atoms with Gasteiger partial charge in [-0.1, -0.05) is 13.8 Å². The molecule has 4 rings (SSSR count). The molecule has 6 nitrogen and oxygen atoms in total. The molecule has 1 amide bonds. The van der Waals surface area contributed by atoms with Gasteiger partial charge in [-0.15, -0.1) is 11.3 Å². The zero-order valence-corrected chi connectivity index (χ0v) is 18.4. The third-order valence-corrected chi connectivity index (χ3v) is 6.17. The van der Waals surface area contributed by atoms with Gasteiger partial charge in [-0.3, -0.25) is 14.3 Å². The summed E-state index contributed by atoms with van der Waals surface area (Å²) < 4.78 is 15.7. The normalized spacial score (nSPS) is 13.5. The van der Waals surface area contributed by atoms with Gasteiger partial charge in [0.05, 0.1) is 29.2 Å². The number of thiazole rings is 1. The molecule has 1 aromatic carbocycles. The summed E-state index contributed by atoms with van der Waals surface area (Å²) in [6, 6.07) is 4.30. The second kappa shape index (κ2) is 8.65. The van der Waals surface area contributed by atoms with E-state index in [1.165, 1.54) is 12.1 Å². The fourth-order valence-electron chi connectivity index (χ4n) is 3.92. The number of aromatic nitrogens is 3. The topological polar surface area (TPSA) is 54.3 Å². The van der Waals surface area contributed by atoms with Crippen molar-refractivity contribution < 1.29 is 9.18 Å². The minimum atomic E-state index is -0.424. The van der Waals surface area contributed by atoms with Crippen LogP contribution in [0.3, 0.4) is 0 Å². The maximum Gasteiger partial charge on any atom is 0.256 e. The van der Waals surface area contributed by atoms with E-state index in [9.17, 15) is 9.18 Å². The Balaban J connectivity index is 1.69. The summed E-state index contributed by atoms with van der Waals surface area (Å²) in [5.74, 6) is -0.624. The van der Waals surface area contributed by atoms with Crippen molar-refractivity contribution in [3.05, 3.63) is 52.7 Å². The molecule has 2 aromatic heterocycles. The largest absolute Gasteiger partial charge is 0.336 e. The molecular formula is C22H26FN5OS. The van der Waals surface area contributed by atoms with Crippen LogP contribution in [-0.4, -0.2) is 50.4 Å². The number of fused-ring (bicyclic) bond motifs is 3. The van der Waals surface area contributed by atoms with Gasteiger partial charge in [0.2, 0.25) is 0 Å². The van der Waals surface area contributed by atoms with Crippen LogP contribution in [0.15, 0.2) is 29.9 Å². The van der Waals surface area contributed by atoms with Crippen LogP contribution in [0.25, 0.3) is 16.4 Å². The van der Waals surface area contributed by atoms with Gasteiger partial charge in [0.25, 0.3) is 5.91 Å². The first-order valence-corrected chi connectivity index (χ1v) is 11.2. The molecule has 0 aliphatic carbocycles. The van der Waals surface area contributed by atoms with E-state index in [-0.39, 0.29) is 5.91 Å². The summed E-state index contributed by atoms with van der Waals surface area (Å²) in [6.45, 7) is 7.71. The number of imidazole rings is 1. The quantitative estimate of drug-likeness (QED) is 0.563. The molecular weight excluding hydrogens is 401 g/mol. The standard InChI is InChI=1S/C22H26FN5OS/c1-4-8-27(9-5-2)11-16-13-30-21(25-16)20-19-12-26(3)22(29)17-10-15(23)6-7-18(17)28(19)14-24-20/h6-7,10,13-14H,4-5,8-9,11-12H2,1-3H3. The van der Waals surface area contributed by atoms with Crippen LogP contribution in [0, 0.1) is 5.82 Å². The average Bonchev–Trinajstić information content (AvgIpc) is 3.32. The van der Waals surface area contributed by atoms with E-state index < -0.39 is 5.82 Å². The predicted octanol–water partition coefficient (Wildman–Crippen LogP) is 4.34. The Morgan fingerprint density at radius 3 is 2.73 bits per heavy atom. The smallest absolute Gasteiger partial charge is 0.256 e. The van der Waals surface area contributed by atoms with E-state index in [0.29, 0.717) is 17.8 Å². The summed E-state index contributed by atoms with van der Waals surface area (Å²) in [5.41, 5.74) is 3.69. The van der Waals surface area contributed by atoms with Crippen molar-refractivity contribution in [1.82, 2.24) is 24.3 Å². The van der Waals surface area contributed by atoms with E-state index in [4.69, 9.17) is 4.98 Å². The molecule has 0 saturated carbocycles. The number of carbonyl (C=O) groups is 1. The van der Waals surface area contributed by atoms with Crippen molar-refractivity contribution in [2.45, 2.75) is 39.8 Å². The Morgan fingerprint density at radius 2 is 2.00 bits per heavy atom. The van der Waals surface area contributed by atoms with Crippen molar-refractivity contribution in [1.29, 1.82) is 0 Å². The first-order valence-electron chi connectivity index (χ1n) is 10.3. The number of nitrogens with zero attached hydrogens (tertiary/aromatic N) is 5. The van der Waals surface area contributed by atoms with Crippen molar-refractivity contribution in [2.24, 2.45) is 0 Å². The molecule has 1 aliphatic heterocycles. The van der Waals surface area contributed by atoms with E-state index >= 15 is 0 Å². The predicted molar refractivity (Wildman–Crippen MR) is 116 cm³/mol. The highest BCUT2D eigenvalue weighted by atomic mass is 32.1. The minimum Gasteiger partial charge on any atom is -0.336 e. The lowest BCUT2D eigenvalue weighted by Gasteiger charge is -2.19. The Kier molecular flexibility index (Phi) is 5.97. The van der Waals surface area contributed by atoms with Crippen LogP contribution >= 0.6 is 11.3 Å². The van der Waals surface area contributed by atoms with Gasteiger partial charge in [-0.2, -0.15) is 0 Å². The van der Waals surface area contributed by atoms with E-state index in [0.717, 1.165) is 54.6 Å². The Hall–Kier alpha value is -2.58. The number of hydrogen-bond acceptors (Lipinski definition) is 5. The highest BCUT2D eigenvalue weighted by molar-refractivity contribution is 7.13. The third-order valence-electron chi connectivity index (χ3n) is 5.27. The highest BCUT2D eigenvalue weighted by Gasteiger charge is 2.28. The molecule has 0 atom stereocenters. The summed E-state index contributed by atoms with van der Waals surface area (Å²) >= 11 is 1.57. The van der Waals surface area contributed by atoms with Gasteiger partial charge in [0.1, 0.15) is 22.8 Å². The lowest BCUT2D eigenvalue weighted by Crippen LogP contribution is -2.25. The molecule has 8 heteroatoms. The summed E-state index contributed by atoms with van der Waals surface area (Å²) in [5, 5.41) is 2.94. The van der Waals surface area contributed by atoms with Crippen LogP contribution in [-0.2, 0) is 13.1 Å².